The molecule has 0 bridgehead atoms. The number of benzene rings is 1. The number of carbonyl (C=O) groups excluding carboxylic acids is 2. The molecule has 0 spiro atoms. The Morgan fingerprint density at radius 3 is 2.80 bits per heavy atom. The number of hydrogen-bond acceptors (Lipinski definition) is 3. The zero-order valence-corrected chi connectivity index (χ0v) is 8.36. The number of aliphatic hydroxyl groups excluding tert-OH is 1. The Bertz CT molecular complexity index is 439. The van der Waals surface area contributed by atoms with Crippen molar-refractivity contribution >= 4 is 11.8 Å². The van der Waals surface area contributed by atoms with Crippen molar-refractivity contribution in [2.24, 2.45) is 0 Å². The van der Waals surface area contributed by atoms with E-state index < -0.39 is 0 Å². The van der Waals surface area contributed by atoms with Crippen molar-refractivity contribution in [1.82, 2.24) is 4.90 Å². The number of aliphatic hydroxyl groups is 1. The standard InChI is InChI=1S/C11H11NO3/c1-12-10(14)5-8-3-2-7(6-13)4-9(8)11(12)15/h2-4,13H,5-6H2,1H3. The van der Waals surface area contributed by atoms with Crippen molar-refractivity contribution in [2.45, 2.75) is 13.0 Å². The number of imide groups is 1. The first kappa shape index (κ1) is 9.86. The number of fused-ring (bicyclic) bond motifs is 1. The molecule has 1 aliphatic heterocycles. The van der Waals surface area contributed by atoms with Gasteiger partial charge in [0.05, 0.1) is 13.0 Å². The van der Waals surface area contributed by atoms with Gasteiger partial charge in [-0.05, 0) is 17.2 Å². The Labute approximate surface area is 87.1 Å². The SMILES string of the molecule is CN1C(=O)Cc2ccc(CO)cc2C1=O. The molecule has 2 amide bonds. The zero-order valence-electron chi connectivity index (χ0n) is 8.36. The monoisotopic (exact) mass is 205 g/mol. The first-order valence-electron chi connectivity index (χ1n) is 4.67. The summed E-state index contributed by atoms with van der Waals surface area (Å²) in [4.78, 5) is 24.2. The van der Waals surface area contributed by atoms with Gasteiger partial charge in [0.25, 0.3) is 5.91 Å². The average Bonchev–Trinajstić information content (AvgIpc) is 2.26. The molecule has 1 heterocycles. The summed E-state index contributed by atoms with van der Waals surface area (Å²) in [6, 6.07) is 5.09. The smallest absolute Gasteiger partial charge is 0.260 e. The Hall–Kier alpha value is -1.68. The van der Waals surface area contributed by atoms with Crippen LogP contribution in [0.1, 0.15) is 21.5 Å². The molecule has 0 radical (unpaired) electrons. The van der Waals surface area contributed by atoms with Crippen molar-refractivity contribution in [3.63, 3.8) is 0 Å². The molecule has 0 fully saturated rings. The van der Waals surface area contributed by atoms with E-state index in [4.69, 9.17) is 5.11 Å². The summed E-state index contributed by atoms with van der Waals surface area (Å²) in [5.74, 6) is -0.485. The highest BCUT2D eigenvalue weighted by Crippen LogP contribution is 2.20. The molecule has 0 saturated heterocycles. The highest BCUT2D eigenvalue weighted by molar-refractivity contribution is 6.09. The van der Waals surface area contributed by atoms with Crippen LogP contribution in [-0.4, -0.2) is 28.9 Å². The first-order valence-corrected chi connectivity index (χ1v) is 4.67. The second kappa shape index (κ2) is 3.47. The van der Waals surface area contributed by atoms with Crippen molar-refractivity contribution in [2.75, 3.05) is 7.05 Å². The van der Waals surface area contributed by atoms with E-state index in [1.165, 1.54) is 7.05 Å². The van der Waals surface area contributed by atoms with Gasteiger partial charge in [-0.2, -0.15) is 0 Å². The van der Waals surface area contributed by atoms with Gasteiger partial charge in [0.1, 0.15) is 0 Å². The van der Waals surface area contributed by atoms with Gasteiger partial charge in [-0.3, -0.25) is 14.5 Å². The number of hydrogen-bond donors (Lipinski definition) is 1. The van der Waals surface area contributed by atoms with Crippen LogP contribution in [0.3, 0.4) is 0 Å². The minimum atomic E-state index is -0.295. The molecule has 1 aliphatic rings. The maximum absolute atomic E-state index is 11.7. The molecule has 4 heteroatoms. The summed E-state index contributed by atoms with van der Waals surface area (Å²) in [6.07, 6.45) is 0.253. The Morgan fingerprint density at radius 1 is 1.40 bits per heavy atom. The van der Waals surface area contributed by atoms with Crippen molar-refractivity contribution in [3.05, 3.63) is 34.9 Å². The number of rotatable bonds is 1. The van der Waals surface area contributed by atoms with E-state index in [1.807, 2.05) is 0 Å². The fourth-order valence-corrected chi connectivity index (χ4v) is 1.65. The van der Waals surface area contributed by atoms with Gasteiger partial charge in [-0.25, -0.2) is 0 Å². The van der Waals surface area contributed by atoms with Crippen LogP contribution >= 0.6 is 0 Å². The summed E-state index contributed by atoms with van der Waals surface area (Å²) in [5, 5.41) is 8.95. The van der Waals surface area contributed by atoms with E-state index in [2.05, 4.69) is 0 Å². The lowest BCUT2D eigenvalue weighted by Crippen LogP contribution is -2.39. The molecule has 0 unspecified atom stereocenters. The summed E-state index contributed by atoms with van der Waals surface area (Å²) in [7, 11) is 1.47. The van der Waals surface area contributed by atoms with Gasteiger partial charge in [0, 0.05) is 12.6 Å². The van der Waals surface area contributed by atoms with E-state index in [9.17, 15) is 9.59 Å². The fraction of sp³-hybridized carbons (Fsp3) is 0.273. The lowest BCUT2D eigenvalue weighted by atomic mass is 9.97. The maximum Gasteiger partial charge on any atom is 0.260 e. The molecule has 1 aromatic rings. The van der Waals surface area contributed by atoms with Crippen LogP contribution < -0.4 is 0 Å². The Kier molecular flexibility index (Phi) is 2.28. The van der Waals surface area contributed by atoms with Gasteiger partial charge in [-0.1, -0.05) is 12.1 Å². The lowest BCUT2D eigenvalue weighted by molar-refractivity contribution is -0.127. The van der Waals surface area contributed by atoms with Gasteiger partial charge in [-0.15, -0.1) is 0 Å². The molecular formula is C11H11NO3. The minimum Gasteiger partial charge on any atom is -0.392 e. The average molecular weight is 205 g/mol. The maximum atomic E-state index is 11.7. The number of nitrogens with zero attached hydrogens (tertiary/aromatic N) is 1. The van der Waals surface area contributed by atoms with Gasteiger partial charge in [0.15, 0.2) is 0 Å². The largest absolute Gasteiger partial charge is 0.392 e. The molecule has 15 heavy (non-hydrogen) atoms. The summed E-state index contributed by atoms with van der Waals surface area (Å²) in [5.41, 5.74) is 1.94. The van der Waals surface area contributed by atoms with Crippen LogP contribution in [0.15, 0.2) is 18.2 Å². The fourth-order valence-electron chi connectivity index (χ4n) is 1.65. The van der Waals surface area contributed by atoms with Gasteiger partial charge >= 0.3 is 0 Å². The lowest BCUT2D eigenvalue weighted by Gasteiger charge is -2.23. The van der Waals surface area contributed by atoms with E-state index >= 15 is 0 Å². The van der Waals surface area contributed by atoms with Crippen molar-refractivity contribution < 1.29 is 14.7 Å². The highest BCUT2D eigenvalue weighted by Gasteiger charge is 2.27. The van der Waals surface area contributed by atoms with E-state index in [0.717, 1.165) is 10.5 Å². The van der Waals surface area contributed by atoms with Crippen LogP contribution in [0.25, 0.3) is 0 Å². The Balaban J connectivity index is 2.51. The number of likely N-dealkylation sites (N-methyl/N-ethyl adjacent to an activating group) is 1. The number of amides is 2. The molecule has 1 aromatic carbocycles. The van der Waals surface area contributed by atoms with Gasteiger partial charge in [0.2, 0.25) is 5.91 Å². The minimum absolute atomic E-state index is 0.0990. The third kappa shape index (κ3) is 1.53. The topological polar surface area (TPSA) is 57.6 Å². The normalized spacial score (nSPS) is 15.5. The molecule has 0 saturated carbocycles. The molecule has 78 valence electrons. The quantitative estimate of drug-likeness (QED) is 0.672. The highest BCUT2D eigenvalue weighted by atomic mass is 16.3. The molecular weight excluding hydrogens is 194 g/mol. The summed E-state index contributed by atoms with van der Waals surface area (Å²) in [6.45, 7) is -0.0990. The van der Waals surface area contributed by atoms with Crippen molar-refractivity contribution in [1.29, 1.82) is 0 Å². The zero-order chi connectivity index (χ0) is 11.0. The summed E-state index contributed by atoms with van der Waals surface area (Å²) < 4.78 is 0. The summed E-state index contributed by atoms with van der Waals surface area (Å²) >= 11 is 0. The van der Waals surface area contributed by atoms with Crippen molar-refractivity contribution in [3.8, 4) is 0 Å². The van der Waals surface area contributed by atoms with E-state index in [-0.39, 0.29) is 24.8 Å². The third-order valence-electron chi connectivity index (χ3n) is 2.61. The van der Waals surface area contributed by atoms with Crippen LogP contribution in [0.4, 0.5) is 0 Å². The van der Waals surface area contributed by atoms with Gasteiger partial charge < -0.3 is 5.11 Å². The number of carbonyl (C=O) groups is 2. The van der Waals surface area contributed by atoms with Crippen LogP contribution in [0, 0.1) is 0 Å². The predicted octanol–water partition coefficient (Wildman–Crippen LogP) is 0.334. The van der Waals surface area contributed by atoms with Crippen LogP contribution in [-0.2, 0) is 17.8 Å². The molecule has 0 atom stereocenters. The molecule has 2 rings (SSSR count). The van der Waals surface area contributed by atoms with Crippen LogP contribution in [0.5, 0.6) is 0 Å². The molecule has 0 aromatic heterocycles. The first-order chi connectivity index (χ1) is 7.13. The van der Waals surface area contributed by atoms with E-state index in [0.29, 0.717) is 11.1 Å². The predicted molar refractivity (Wildman–Crippen MR) is 53.2 cm³/mol. The molecule has 4 nitrogen and oxygen atoms in total. The third-order valence-corrected chi connectivity index (χ3v) is 2.61. The Morgan fingerprint density at radius 2 is 2.13 bits per heavy atom. The second-order valence-electron chi connectivity index (χ2n) is 3.58. The van der Waals surface area contributed by atoms with E-state index in [1.54, 1.807) is 18.2 Å². The van der Waals surface area contributed by atoms with Crippen LogP contribution in [0.2, 0.25) is 0 Å². The molecule has 0 aliphatic carbocycles. The second-order valence-corrected chi connectivity index (χ2v) is 3.58. The molecule has 1 N–H and O–H groups in total.